The average Bonchev–Trinajstić information content (AvgIpc) is 2.14. The Morgan fingerprint density at radius 2 is 2.08 bits per heavy atom. The van der Waals surface area contributed by atoms with E-state index in [9.17, 15) is 0 Å². The summed E-state index contributed by atoms with van der Waals surface area (Å²) in [5, 5.41) is 0. The first kappa shape index (κ1) is 10.2. The SMILES string of the molecule is CCc1cnc(C)c(C)c1COC. The van der Waals surface area contributed by atoms with Crippen LogP contribution in [-0.4, -0.2) is 12.1 Å². The molecule has 0 spiro atoms. The number of methoxy groups -OCH3 is 1. The van der Waals surface area contributed by atoms with E-state index in [1.165, 1.54) is 16.7 Å². The van der Waals surface area contributed by atoms with Crippen molar-refractivity contribution in [2.45, 2.75) is 33.8 Å². The molecule has 13 heavy (non-hydrogen) atoms. The Balaban J connectivity index is 3.15. The van der Waals surface area contributed by atoms with Gasteiger partial charge in [-0.3, -0.25) is 4.98 Å². The standard InChI is InChI=1S/C11H17NO/c1-5-10-6-12-9(3)8(2)11(10)7-13-4/h6H,5,7H2,1-4H3. The minimum atomic E-state index is 0.693. The zero-order valence-corrected chi connectivity index (χ0v) is 8.85. The van der Waals surface area contributed by atoms with Gasteiger partial charge in [-0.05, 0) is 37.0 Å². The lowest BCUT2D eigenvalue weighted by atomic mass is 10.0. The van der Waals surface area contributed by atoms with Crippen molar-refractivity contribution >= 4 is 0 Å². The Bertz CT molecular complexity index is 294. The summed E-state index contributed by atoms with van der Waals surface area (Å²) < 4.78 is 5.18. The highest BCUT2D eigenvalue weighted by molar-refractivity contribution is 5.34. The molecule has 0 unspecified atom stereocenters. The molecule has 72 valence electrons. The second-order valence-electron chi connectivity index (χ2n) is 3.26. The number of pyridine rings is 1. The Morgan fingerprint density at radius 1 is 1.38 bits per heavy atom. The van der Waals surface area contributed by atoms with E-state index < -0.39 is 0 Å². The molecule has 0 amide bonds. The van der Waals surface area contributed by atoms with E-state index in [0.717, 1.165) is 12.1 Å². The van der Waals surface area contributed by atoms with Gasteiger partial charge in [0, 0.05) is 19.0 Å². The van der Waals surface area contributed by atoms with Crippen molar-refractivity contribution in [1.82, 2.24) is 4.98 Å². The maximum absolute atomic E-state index is 5.18. The van der Waals surface area contributed by atoms with Crippen LogP contribution in [0.4, 0.5) is 0 Å². The normalized spacial score (nSPS) is 10.5. The van der Waals surface area contributed by atoms with E-state index in [1.54, 1.807) is 7.11 Å². The maximum Gasteiger partial charge on any atom is 0.0719 e. The highest BCUT2D eigenvalue weighted by Crippen LogP contribution is 2.17. The Morgan fingerprint density at radius 3 is 2.62 bits per heavy atom. The summed E-state index contributed by atoms with van der Waals surface area (Å²) in [5.41, 5.74) is 4.97. The number of nitrogens with zero attached hydrogens (tertiary/aromatic N) is 1. The number of hydrogen-bond acceptors (Lipinski definition) is 2. The van der Waals surface area contributed by atoms with Gasteiger partial charge in [0.2, 0.25) is 0 Å². The summed E-state index contributed by atoms with van der Waals surface area (Å²) in [7, 11) is 1.73. The monoisotopic (exact) mass is 179 g/mol. The van der Waals surface area contributed by atoms with Crippen LogP contribution in [0.3, 0.4) is 0 Å². The summed E-state index contributed by atoms with van der Waals surface area (Å²) in [6.45, 7) is 6.98. The van der Waals surface area contributed by atoms with E-state index in [0.29, 0.717) is 6.61 Å². The molecular weight excluding hydrogens is 162 g/mol. The lowest BCUT2D eigenvalue weighted by Gasteiger charge is -2.11. The lowest BCUT2D eigenvalue weighted by Crippen LogP contribution is -2.02. The number of hydrogen-bond donors (Lipinski definition) is 0. The molecule has 0 fully saturated rings. The first-order valence-corrected chi connectivity index (χ1v) is 4.63. The summed E-state index contributed by atoms with van der Waals surface area (Å²) in [4.78, 5) is 4.34. The molecule has 0 atom stereocenters. The van der Waals surface area contributed by atoms with Crippen LogP contribution < -0.4 is 0 Å². The summed E-state index contributed by atoms with van der Waals surface area (Å²) in [6.07, 6.45) is 2.98. The molecule has 0 aliphatic heterocycles. The van der Waals surface area contributed by atoms with Crippen molar-refractivity contribution < 1.29 is 4.74 Å². The smallest absolute Gasteiger partial charge is 0.0719 e. The van der Waals surface area contributed by atoms with E-state index in [-0.39, 0.29) is 0 Å². The van der Waals surface area contributed by atoms with Crippen LogP contribution in [0.1, 0.15) is 29.3 Å². The lowest BCUT2D eigenvalue weighted by molar-refractivity contribution is 0.183. The van der Waals surface area contributed by atoms with Crippen molar-refractivity contribution in [1.29, 1.82) is 0 Å². The Kier molecular flexibility index (Phi) is 3.43. The Hall–Kier alpha value is -0.890. The predicted octanol–water partition coefficient (Wildman–Crippen LogP) is 2.41. The predicted molar refractivity (Wildman–Crippen MR) is 53.8 cm³/mol. The number of rotatable bonds is 3. The molecule has 0 aromatic carbocycles. The van der Waals surface area contributed by atoms with Gasteiger partial charge in [0.15, 0.2) is 0 Å². The molecule has 0 radical (unpaired) electrons. The van der Waals surface area contributed by atoms with Crippen LogP contribution in [0.15, 0.2) is 6.20 Å². The third kappa shape index (κ3) is 2.07. The van der Waals surface area contributed by atoms with Crippen molar-refractivity contribution in [3.05, 3.63) is 28.6 Å². The fourth-order valence-corrected chi connectivity index (χ4v) is 1.46. The van der Waals surface area contributed by atoms with Crippen molar-refractivity contribution in [3.63, 3.8) is 0 Å². The van der Waals surface area contributed by atoms with E-state index >= 15 is 0 Å². The number of aromatic nitrogens is 1. The topological polar surface area (TPSA) is 22.1 Å². The first-order valence-electron chi connectivity index (χ1n) is 4.63. The van der Waals surface area contributed by atoms with Gasteiger partial charge < -0.3 is 4.74 Å². The highest BCUT2D eigenvalue weighted by Gasteiger charge is 2.06. The van der Waals surface area contributed by atoms with Gasteiger partial charge in [0.1, 0.15) is 0 Å². The summed E-state index contributed by atoms with van der Waals surface area (Å²) in [6, 6.07) is 0. The average molecular weight is 179 g/mol. The van der Waals surface area contributed by atoms with E-state index in [4.69, 9.17) is 4.74 Å². The summed E-state index contributed by atoms with van der Waals surface area (Å²) >= 11 is 0. The van der Waals surface area contributed by atoms with Gasteiger partial charge in [-0.2, -0.15) is 0 Å². The third-order valence-corrected chi connectivity index (χ3v) is 2.47. The molecule has 1 aromatic heterocycles. The molecule has 2 nitrogen and oxygen atoms in total. The van der Waals surface area contributed by atoms with Crippen molar-refractivity contribution in [3.8, 4) is 0 Å². The zero-order chi connectivity index (χ0) is 9.84. The van der Waals surface area contributed by atoms with E-state index in [2.05, 4.69) is 18.8 Å². The van der Waals surface area contributed by atoms with Crippen molar-refractivity contribution in [2.24, 2.45) is 0 Å². The molecule has 1 heterocycles. The second kappa shape index (κ2) is 4.38. The second-order valence-corrected chi connectivity index (χ2v) is 3.26. The van der Waals surface area contributed by atoms with E-state index in [1.807, 2.05) is 13.1 Å². The molecule has 0 bridgehead atoms. The number of ether oxygens (including phenoxy) is 1. The molecule has 0 saturated carbocycles. The zero-order valence-electron chi connectivity index (χ0n) is 8.85. The quantitative estimate of drug-likeness (QED) is 0.711. The van der Waals surface area contributed by atoms with Crippen LogP contribution in [0.2, 0.25) is 0 Å². The fraction of sp³-hybridized carbons (Fsp3) is 0.545. The van der Waals surface area contributed by atoms with Crippen LogP contribution in [0.5, 0.6) is 0 Å². The van der Waals surface area contributed by atoms with Gasteiger partial charge in [0.25, 0.3) is 0 Å². The highest BCUT2D eigenvalue weighted by atomic mass is 16.5. The van der Waals surface area contributed by atoms with Crippen LogP contribution in [0.25, 0.3) is 0 Å². The molecule has 0 aliphatic carbocycles. The Labute approximate surface area is 80.0 Å². The summed E-state index contributed by atoms with van der Waals surface area (Å²) in [5.74, 6) is 0. The van der Waals surface area contributed by atoms with Crippen molar-refractivity contribution in [2.75, 3.05) is 7.11 Å². The molecule has 1 aromatic rings. The van der Waals surface area contributed by atoms with Crippen LogP contribution in [0, 0.1) is 13.8 Å². The fourth-order valence-electron chi connectivity index (χ4n) is 1.46. The minimum Gasteiger partial charge on any atom is -0.380 e. The third-order valence-electron chi connectivity index (χ3n) is 2.47. The van der Waals surface area contributed by atoms with Crippen LogP contribution in [-0.2, 0) is 17.8 Å². The molecule has 0 N–H and O–H groups in total. The van der Waals surface area contributed by atoms with Gasteiger partial charge in [-0.1, -0.05) is 6.92 Å². The number of aryl methyl sites for hydroxylation is 2. The molecular formula is C11H17NO. The molecule has 1 rings (SSSR count). The largest absolute Gasteiger partial charge is 0.380 e. The molecule has 0 aliphatic rings. The molecule has 0 saturated heterocycles. The maximum atomic E-state index is 5.18. The first-order chi connectivity index (χ1) is 6.20. The van der Waals surface area contributed by atoms with Gasteiger partial charge in [0.05, 0.1) is 6.61 Å². The van der Waals surface area contributed by atoms with Crippen LogP contribution >= 0.6 is 0 Å². The van der Waals surface area contributed by atoms with Gasteiger partial charge in [-0.25, -0.2) is 0 Å². The minimum absolute atomic E-state index is 0.693. The van der Waals surface area contributed by atoms with Gasteiger partial charge in [-0.15, -0.1) is 0 Å². The van der Waals surface area contributed by atoms with Gasteiger partial charge >= 0.3 is 0 Å². The molecule has 2 heteroatoms.